The zero-order chi connectivity index (χ0) is 21.0. The molecule has 1 amide bonds. The summed E-state index contributed by atoms with van der Waals surface area (Å²) in [7, 11) is -3.72. The molecule has 0 fully saturated rings. The van der Waals surface area contributed by atoms with E-state index in [0.717, 1.165) is 41.2 Å². The number of halogens is 1. The van der Waals surface area contributed by atoms with Gasteiger partial charge in [-0.3, -0.25) is 9.59 Å². The average molecular weight is 432 g/mol. The summed E-state index contributed by atoms with van der Waals surface area (Å²) in [4.78, 5) is 28.8. The number of hydrogen-bond donors (Lipinski definition) is 1. The van der Waals surface area contributed by atoms with E-state index in [0.29, 0.717) is 10.6 Å². The van der Waals surface area contributed by atoms with Gasteiger partial charge in [-0.05, 0) is 24.3 Å². The zero-order valence-electron chi connectivity index (χ0n) is 15.4. The first-order valence-electron chi connectivity index (χ1n) is 8.61. The zero-order valence-corrected chi connectivity index (χ0v) is 17.0. The van der Waals surface area contributed by atoms with Crippen LogP contribution in [-0.2, 0) is 14.6 Å². The van der Waals surface area contributed by atoms with Crippen molar-refractivity contribution in [2.75, 3.05) is 11.1 Å². The number of aromatic nitrogens is 1. The molecule has 0 aliphatic carbocycles. The first-order valence-corrected chi connectivity index (χ1v) is 11.1. The van der Waals surface area contributed by atoms with Crippen molar-refractivity contribution in [2.45, 2.75) is 18.2 Å². The summed E-state index contributed by atoms with van der Waals surface area (Å²) >= 11 is 1.04. The number of carbonyl (C=O) groups is 2. The third-order valence-corrected chi connectivity index (χ3v) is 6.81. The minimum absolute atomic E-state index is 0.0498. The van der Waals surface area contributed by atoms with Gasteiger partial charge in [-0.15, -0.1) is 0 Å². The molecule has 0 radical (unpaired) electrons. The summed E-state index contributed by atoms with van der Waals surface area (Å²) in [6.07, 6.45) is -0.296. The van der Waals surface area contributed by atoms with E-state index in [1.54, 1.807) is 0 Å². The quantitative estimate of drug-likeness (QED) is 0.451. The van der Waals surface area contributed by atoms with Gasteiger partial charge in [0.15, 0.2) is 20.8 Å². The molecule has 2 aromatic carbocycles. The van der Waals surface area contributed by atoms with Crippen molar-refractivity contribution in [1.29, 1.82) is 0 Å². The van der Waals surface area contributed by atoms with Gasteiger partial charge in [0.25, 0.3) is 0 Å². The molecule has 0 aliphatic rings. The second kappa shape index (κ2) is 8.62. The molecule has 0 atom stereocenters. The Balaban J connectivity index is 1.71. The van der Waals surface area contributed by atoms with Crippen LogP contribution in [0.5, 0.6) is 0 Å². The summed E-state index contributed by atoms with van der Waals surface area (Å²) < 4.78 is 37.5. The van der Waals surface area contributed by atoms with Gasteiger partial charge < -0.3 is 5.32 Å². The molecule has 3 aromatic rings. The maximum Gasteiger partial charge on any atom is 0.227 e. The van der Waals surface area contributed by atoms with Crippen LogP contribution in [0, 0.1) is 5.82 Å². The molecule has 0 unspecified atom stereocenters. The molecule has 3 rings (SSSR count). The Morgan fingerprint density at radius 2 is 1.72 bits per heavy atom. The van der Waals surface area contributed by atoms with Gasteiger partial charge in [0.1, 0.15) is 5.82 Å². The van der Waals surface area contributed by atoms with Crippen LogP contribution in [0.3, 0.4) is 0 Å². The van der Waals surface area contributed by atoms with Crippen LogP contribution in [-0.4, -0.2) is 30.8 Å². The fourth-order valence-corrected chi connectivity index (χ4v) is 4.71. The van der Waals surface area contributed by atoms with Crippen molar-refractivity contribution in [3.63, 3.8) is 0 Å². The first kappa shape index (κ1) is 20.8. The second-order valence-corrected chi connectivity index (χ2v) is 9.30. The number of thiazole rings is 1. The van der Waals surface area contributed by atoms with Crippen LogP contribution in [0.15, 0.2) is 59.5 Å². The number of Topliss-reactive ketones (excluding diaryl/α,β-unsaturated/α-hetero) is 1. The Morgan fingerprint density at radius 3 is 2.34 bits per heavy atom. The molecule has 0 aliphatic heterocycles. The summed E-state index contributed by atoms with van der Waals surface area (Å²) in [5.74, 6) is -1.69. The summed E-state index contributed by atoms with van der Waals surface area (Å²) in [5, 5.41) is 2.77. The number of anilines is 1. The molecular formula is C20H17FN2O4S2. The Labute approximate surface area is 171 Å². The van der Waals surface area contributed by atoms with Crippen LogP contribution >= 0.6 is 11.3 Å². The number of sulfone groups is 1. The van der Waals surface area contributed by atoms with Crippen molar-refractivity contribution >= 4 is 38.0 Å². The van der Waals surface area contributed by atoms with E-state index in [1.165, 1.54) is 6.92 Å². The standard InChI is InChI=1S/C20H17FN2O4S2/c1-13(24)19-18(14-5-3-2-4-6-14)23-20(28-19)22-17(25)11-12-29(26,27)16-9-7-15(21)8-10-16/h2-10H,11-12H2,1H3,(H,22,23,25). The van der Waals surface area contributed by atoms with Gasteiger partial charge >= 0.3 is 0 Å². The predicted molar refractivity (Wildman–Crippen MR) is 109 cm³/mol. The molecule has 0 bridgehead atoms. The van der Waals surface area contributed by atoms with E-state index in [1.807, 2.05) is 30.3 Å². The lowest BCUT2D eigenvalue weighted by atomic mass is 10.1. The maximum absolute atomic E-state index is 13.0. The normalized spacial score (nSPS) is 11.2. The molecule has 0 spiro atoms. The molecule has 1 aromatic heterocycles. The van der Waals surface area contributed by atoms with Gasteiger partial charge in [0, 0.05) is 18.9 Å². The van der Waals surface area contributed by atoms with E-state index in [4.69, 9.17) is 0 Å². The van der Waals surface area contributed by atoms with Gasteiger partial charge in [-0.25, -0.2) is 17.8 Å². The topological polar surface area (TPSA) is 93.2 Å². The molecule has 29 heavy (non-hydrogen) atoms. The van der Waals surface area contributed by atoms with E-state index >= 15 is 0 Å². The number of rotatable bonds is 7. The van der Waals surface area contributed by atoms with Crippen LogP contribution in [0.1, 0.15) is 23.0 Å². The lowest BCUT2D eigenvalue weighted by Gasteiger charge is -2.04. The molecule has 6 nitrogen and oxygen atoms in total. The van der Waals surface area contributed by atoms with Crippen LogP contribution in [0.4, 0.5) is 9.52 Å². The highest BCUT2D eigenvalue weighted by molar-refractivity contribution is 7.91. The van der Waals surface area contributed by atoms with Crippen LogP contribution in [0.2, 0.25) is 0 Å². The fraction of sp³-hybridized carbons (Fsp3) is 0.150. The Hall–Kier alpha value is -2.91. The van der Waals surface area contributed by atoms with Crippen molar-refractivity contribution in [3.8, 4) is 11.3 Å². The second-order valence-electron chi connectivity index (χ2n) is 6.19. The third-order valence-electron chi connectivity index (χ3n) is 4.01. The minimum atomic E-state index is -3.72. The predicted octanol–water partition coefficient (Wildman–Crippen LogP) is 3.95. The number of nitrogens with one attached hydrogen (secondary N) is 1. The van der Waals surface area contributed by atoms with Crippen molar-refractivity contribution in [1.82, 2.24) is 4.98 Å². The van der Waals surface area contributed by atoms with E-state index in [9.17, 15) is 22.4 Å². The van der Waals surface area contributed by atoms with Gasteiger partial charge in [0.05, 0.1) is 21.2 Å². The van der Waals surface area contributed by atoms with Crippen LogP contribution in [0.25, 0.3) is 11.3 Å². The van der Waals surface area contributed by atoms with E-state index in [-0.39, 0.29) is 22.2 Å². The third kappa shape index (κ3) is 5.12. The summed E-state index contributed by atoms with van der Waals surface area (Å²) in [6, 6.07) is 13.5. The highest BCUT2D eigenvalue weighted by Gasteiger charge is 2.20. The number of hydrogen-bond acceptors (Lipinski definition) is 6. The molecule has 0 saturated heterocycles. The molecular weight excluding hydrogens is 415 g/mol. The number of ketones is 1. The van der Waals surface area contributed by atoms with E-state index in [2.05, 4.69) is 10.3 Å². The Bertz CT molecular complexity index is 1140. The van der Waals surface area contributed by atoms with Gasteiger partial charge in [0.2, 0.25) is 5.91 Å². The Morgan fingerprint density at radius 1 is 1.07 bits per heavy atom. The van der Waals surface area contributed by atoms with Crippen LogP contribution < -0.4 is 5.32 Å². The number of amides is 1. The first-order chi connectivity index (χ1) is 13.8. The van der Waals surface area contributed by atoms with Crippen molar-refractivity contribution in [2.24, 2.45) is 0 Å². The van der Waals surface area contributed by atoms with Crippen molar-refractivity contribution in [3.05, 3.63) is 65.3 Å². The highest BCUT2D eigenvalue weighted by atomic mass is 32.2. The SMILES string of the molecule is CC(=O)c1sc(NC(=O)CCS(=O)(=O)c2ccc(F)cc2)nc1-c1ccccc1. The van der Waals surface area contributed by atoms with E-state index < -0.39 is 27.3 Å². The summed E-state index contributed by atoms with van der Waals surface area (Å²) in [5.41, 5.74) is 1.21. The lowest BCUT2D eigenvalue weighted by molar-refractivity contribution is -0.115. The maximum atomic E-state index is 13.0. The molecule has 1 N–H and O–H groups in total. The molecule has 1 heterocycles. The van der Waals surface area contributed by atoms with Crippen molar-refractivity contribution < 1.29 is 22.4 Å². The molecule has 150 valence electrons. The Kier molecular flexibility index (Phi) is 6.19. The van der Waals surface area contributed by atoms with Gasteiger partial charge in [-0.1, -0.05) is 41.7 Å². The average Bonchev–Trinajstić information content (AvgIpc) is 3.12. The number of nitrogens with zero attached hydrogens (tertiary/aromatic N) is 1. The van der Waals surface area contributed by atoms with Gasteiger partial charge in [-0.2, -0.15) is 0 Å². The lowest BCUT2D eigenvalue weighted by Crippen LogP contribution is -2.17. The molecule has 9 heteroatoms. The molecule has 0 saturated carbocycles. The summed E-state index contributed by atoms with van der Waals surface area (Å²) in [6.45, 7) is 1.42. The largest absolute Gasteiger partial charge is 0.302 e. The monoisotopic (exact) mass is 432 g/mol. The highest BCUT2D eigenvalue weighted by Crippen LogP contribution is 2.31. The minimum Gasteiger partial charge on any atom is -0.302 e. The fourth-order valence-electron chi connectivity index (χ4n) is 2.57. The smallest absolute Gasteiger partial charge is 0.227 e. The number of carbonyl (C=O) groups excluding carboxylic acids is 2. The number of benzene rings is 2.